The summed E-state index contributed by atoms with van der Waals surface area (Å²) in [5.74, 6) is 0.531. The first kappa shape index (κ1) is 28.7. The Balaban J connectivity index is 1.39. The van der Waals surface area contributed by atoms with Gasteiger partial charge >= 0.3 is 6.09 Å². The summed E-state index contributed by atoms with van der Waals surface area (Å²) in [4.78, 5) is 26.7. The average molecular weight is 512 g/mol. The van der Waals surface area contributed by atoms with Crippen molar-refractivity contribution in [2.75, 3.05) is 20.3 Å². The molecular formula is C30H41NO6. The zero-order valence-electron chi connectivity index (χ0n) is 22.5. The molecule has 0 aliphatic carbocycles. The van der Waals surface area contributed by atoms with Crippen molar-refractivity contribution in [3.8, 4) is 5.75 Å². The van der Waals surface area contributed by atoms with Gasteiger partial charge in [-0.05, 0) is 60.8 Å². The Bertz CT molecular complexity index is 979. The lowest BCUT2D eigenvalue weighted by Gasteiger charge is -2.26. The molecule has 0 aromatic heterocycles. The van der Waals surface area contributed by atoms with Gasteiger partial charge in [0.2, 0.25) is 5.91 Å². The number of amides is 2. The zero-order valence-corrected chi connectivity index (χ0v) is 22.5. The van der Waals surface area contributed by atoms with Gasteiger partial charge in [0, 0.05) is 6.61 Å². The van der Waals surface area contributed by atoms with Crippen LogP contribution in [-0.2, 0) is 27.3 Å². The molecule has 202 valence electrons. The van der Waals surface area contributed by atoms with Crippen LogP contribution < -0.4 is 4.74 Å². The van der Waals surface area contributed by atoms with Crippen molar-refractivity contribution in [3.05, 3.63) is 65.7 Å². The highest BCUT2D eigenvalue weighted by Crippen LogP contribution is 2.25. The van der Waals surface area contributed by atoms with Crippen molar-refractivity contribution >= 4 is 12.0 Å². The molecule has 7 nitrogen and oxygen atoms in total. The van der Waals surface area contributed by atoms with Crippen molar-refractivity contribution in [1.29, 1.82) is 0 Å². The van der Waals surface area contributed by atoms with Gasteiger partial charge in [0.1, 0.15) is 12.4 Å². The summed E-state index contributed by atoms with van der Waals surface area (Å²) >= 11 is 0. The van der Waals surface area contributed by atoms with Crippen LogP contribution in [0, 0.1) is 17.8 Å². The number of rotatable bonds is 14. The van der Waals surface area contributed by atoms with Crippen LogP contribution in [0.2, 0.25) is 0 Å². The number of methoxy groups -OCH3 is 1. The molecule has 0 spiro atoms. The molecule has 7 heteroatoms. The topological polar surface area (TPSA) is 85.3 Å². The summed E-state index contributed by atoms with van der Waals surface area (Å²) in [6, 6.07) is 17.2. The van der Waals surface area contributed by atoms with Gasteiger partial charge in [-0.25, -0.2) is 9.69 Å². The van der Waals surface area contributed by atoms with Crippen LogP contribution in [-0.4, -0.2) is 54.5 Å². The van der Waals surface area contributed by atoms with Crippen LogP contribution in [0.3, 0.4) is 0 Å². The minimum atomic E-state index is -0.817. The predicted molar refractivity (Wildman–Crippen MR) is 142 cm³/mol. The summed E-state index contributed by atoms with van der Waals surface area (Å²) in [5, 5.41) is 10.8. The van der Waals surface area contributed by atoms with Gasteiger partial charge in [0.25, 0.3) is 0 Å². The molecule has 37 heavy (non-hydrogen) atoms. The van der Waals surface area contributed by atoms with E-state index in [2.05, 4.69) is 13.8 Å². The van der Waals surface area contributed by atoms with Crippen molar-refractivity contribution in [1.82, 2.24) is 4.90 Å². The second-order valence-corrected chi connectivity index (χ2v) is 10.4. The molecule has 5 atom stereocenters. The number of hydrogen-bond donors (Lipinski definition) is 1. The van der Waals surface area contributed by atoms with Crippen LogP contribution in [0.1, 0.15) is 51.2 Å². The summed E-state index contributed by atoms with van der Waals surface area (Å²) < 4.78 is 16.2. The van der Waals surface area contributed by atoms with Crippen molar-refractivity contribution < 1.29 is 28.9 Å². The number of nitrogens with zero attached hydrogens (tertiary/aromatic N) is 1. The van der Waals surface area contributed by atoms with E-state index in [4.69, 9.17) is 14.2 Å². The predicted octanol–water partition coefficient (Wildman–Crippen LogP) is 5.24. The molecule has 1 aliphatic heterocycles. The quantitative estimate of drug-likeness (QED) is 0.373. The van der Waals surface area contributed by atoms with Gasteiger partial charge in [-0.3, -0.25) is 4.79 Å². The Hall–Kier alpha value is -2.90. The minimum Gasteiger partial charge on any atom is -0.497 e. The lowest BCUT2D eigenvalue weighted by Crippen LogP contribution is -2.45. The number of aliphatic hydroxyl groups excluding tert-OH is 1. The molecule has 1 N–H and O–H groups in total. The molecule has 1 heterocycles. The molecule has 0 saturated carbocycles. The molecular weight excluding hydrogens is 470 g/mol. The minimum absolute atomic E-state index is 0.178. The molecule has 0 radical (unpaired) electrons. The molecule has 0 bridgehead atoms. The number of cyclic esters (lactones) is 1. The fraction of sp³-hybridized carbons (Fsp3) is 0.533. The fourth-order valence-electron chi connectivity index (χ4n) is 4.83. The van der Waals surface area contributed by atoms with Crippen molar-refractivity contribution in [3.63, 3.8) is 0 Å². The van der Waals surface area contributed by atoms with E-state index in [1.165, 1.54) is 4.90 Å². The maximum Gasteiger partial charge on any atom is 0.416 e. The highest BCUT2D eigenvalue weighted by atomic mass is 16.6. The van der Waals surface area contributed by atoms with E-state index in [0.717, 1.165) is 29.7 Å². The Morgan fingerprint density at radius 3 is 2.41 bits per heavy atom. The van der Waals surface area contributed by atoms with Gasteiger partial charge < -0.3 is 19.3 Å². The first-order valence-electron chi connectivity index (χ1n) is 13.2. The summed E-state index contributed by atoms with van der Waals surface area (Å²) in [6.07, 6.45) is 1.36. The van der Waals surface area contributed by atoms with E-state index in [9.17, 15) is 14.7 Å². The van der Waals surface area contributed by atoms with Crippen molar-refractivity contribution in [2.45, 2.75) is 65.2 Å². The first-order chi connectivity index (χ1) is 17.8. The summed E-state index contributed by atoms with van der Waals surface area (Å²) in [6.45, 7) is 7.42. The van der Waals surface area contributed by atoms with Crippen LogP contribution in [0.15, 0.2) is 54.6 Å². The Morgan fingerprint density at radius 2 is 1.73 bits per heavy atom. The number of ether oxygens (including phenoxy) is 3. The lowest BCUT2D eigenvalue weighted by atomic mass is 9.90. The van der Waals surface area contributed by atoms with Crippen LogP contribution in [0.5, 0.6) is 5.75 Å². The molecule has 1 fully saturated rings. The standard InChI is InChI=1S/C30H41NO6/c1-21(16-22(2)18-36-19-25-11-13-27(35-4)14-12-25)10-15-28(32)23(3)29(33)31-26(20-37-30(31)34)17-24-8-6-5-7-9-24/h5-9,11-14,21-23,26,28,32H,10,15-20H2,1-4H3/t21-,22-,23-,26-,28+/m0/s1. The highest BCUT2D eigenvalue weighted by molar-refractivity contribution is 5.95. The summed E-state index contributed by atoms with van der Waals surface area (Å²) in [7, 11) is 1.65. The average Bonchev–Trinajstić information content (AvgIpc) is 3.26. The third-order valence-corrected chi connectivity index (χ3v) is 7.07. The maximum atomic E-state index is 13.1. The molecule has 1 saturated heterocycles. The largest absolute Gasteiger partial charge is 0.497 e. The smallest absolute Gasteiger partial charge is 0.416 e. The molecule has 3 rings (SSSR count). The Kier molecular flexibility index (Phi) is 11.0. The van der Waals surface area contributed by atoms with Gasteiger partial charge in [-0.1, -0.05) is 63.2 Å². The molecule has 2 amide bonds. The van der Waals surface area contributed by atoms with E-state index in [1.54, 1.807) is 14.0 Å². The Morgan fingerprint density at radius 1 is 1.03 bits per heavy atom. The van der Waals surface area contributed by atoms with Crippen LogP contribution in [0.4, 0.5) is 4.79 Å². The van der Waals surface area contributed by atoms with Gasteiger partial charge in [0.05, 0.1) is 31.8 Å². The molecule has 2 aromatic rings. The Labute approximate surface area is 220 Å². The zero-order chi connectivity index (χ0) is 26.8. The number of hydrogen-bond acceptors (Lipinski definition) is 6. The lowest BCUT2D eigenvalue weighted by molar-refractivity contribution is -0.136. The van der Waals surface area contributed by atoms with E-state index in [1.807, 2.05) is 54.6 Å². The number of carbonyl (C=O) groups excluding carboxylic acids is 2. The summed E-state index contributed by atoms with van der Waals surface area (Å²) in [5.41, 5.74) is 2.14. The van der Waals surface area contributed by atoms with E-state index in [-0.39, 0.29) is 18.6 Å². The fourth-order valence-corrected chi connectivity index (χ4v) is 4.83. The normalized spacial score (nSPS) is 18.7. The third kappa shape index (κ3) is 8.58. The number of carbonyl (C=O) groups is 2. The molecule has 0 unspecified atom stereocenters. The van der Waals surface area contributed by atoms with Crippen LogP contribution >= 0.6 is 0 Å². The number of aliphatic hydroxyl groups is 1. The first-order valence-corrected chi connectivity index (χ1v) is 13.2. The van der Waals surface area contributed by atoms with Gasteiger partial charge in [-0.15, -0.1) is 0 Å². The van der Waals surface area contributed by atoms with Crippen molar-refractivity contribution in [2.24, 2.45) is 17.8 Å². The molecule has 2 aromatic carbocycles. The second kappa shape index (κ2) is 14.1. The third-order valence-electron chi connectivity index (χ3n) is 7.07. The van der Waals surface area contributed by atoms with Gasteiger partial charge in [-0.2, -0.15) is 0 Å². The SMILES string of the molecule is COc1ccc(COC[C@@H](C)C[C@@H](C)CC[C@@H](O)[C@H](C)C(=O)N2C(=O)OC[C@@H]2Cc2ccccc2)cc1. The van der Waals surface area contributed by atoms with E-state index < -0.39 is 18.1 Å². The maximum absolute atomic E-state index is 13.1. The monoisotopic (exact) mass is 511 g/mol. The van der Waals surface area contributed by atoms with E-state index >= 15 is 0 Å². The second-order valence-electron chi connectivity index (χ2n) is 10.4. The number of benzene rings is 2. The van der Waals surface area contributed by atoms with Gasteiger partial charge in [0.15, 0.2) is 0 Å². The van der Waals surface area contributed by atoms with Crippen LogP contribution in [0.25, 0.3) is 0 Å². The van der Waals surface area contributed by atoms with E-state index in [0.29, 0.717) is 37.9 Å². The number of imide groups is 1. The molecule has 1 aliphatic rings. The highest BCUT2D eigenvalue weighted by Gasteiger charge is 2.41.